The van der Waals surface area contributed by atoms with Gasteiger partial charge in [-0.2, -0.15) is 0 Å². The van der Waals surface area contributed by atoms with Crippen molar-refractivity contribution in [3.8, 4) is 11.5 Å². The maximum atomic E-state index is 13.7. The molecular weight excluding hydrogens is 267 g/mol. The molecule has 0 heterocycles. The van der Waals surface area contributed by atoms with E-state index in [1.165, 1.54) is 6.07 Å². The molecule has 1 atom stereocenters. The smallest absolute Gasteiger partial charge is 0.132 e. The Kier molecular flexibility index (Phi) is 4.48. The van der Waals surface area contributed by atoms with Crippen LogP contribution < -0.4 is 15.4 Å². The minimum Gasteiger partial charge on any atom is -0.457 e. The van der Waals surface area contributed by atoms with Gasteiger partial charge in [0, 0.05) is 37.5 Å². The van der Waals surface area contributed by atoms with E-state index in [1.54, 1.807) is 13.0 Å². The number of anilines is 1. The Morgan fingerprint density at radius 1 is 1.19 bits per heavy atom. The molecule has 2 aromatic carbocycles. The molecule has 0 radical (unpaired) electrons. The summed E-state index contributed by atoms with van der Waals surface area (Å²) in [6.07, 6.45) is 0. The monoisotopic (exact) mass is 288 g/mol. The van der Waals surface area contributed by atoms with Crippen LogP contribution in [0, 0.1) is 12.7 Å². The molecule has 0 amide bonds. The van der Waals surface area contributed by atoms with Crippen LogP contribution in [0.1, 0.15) is 24.1 Å². The van der Waals surface area contributed by atoms with Gasteiger partial charge >= 0.3 is 0 Å². The van der Waals surface area contributed by atoms with Crippen LogP contribution in [0.15, 0.2) is 36.4 Å². The molecule has 0 aromatic heterocycles. The summed E-state index contributed by atoms with van der Waals surface area (Å²) in [5, 5.41) is 0. The van der Waals surface area contributed by atoms with E-state index in [2.05, 4.69) is 0 Å². The van der Waals surface area contributed by atoms with Crippen molar-refractivity contribution < 1.29 is 9.13 Å². The van der Waals surface area contributed by atoms with Crippen LogP contribution in [0.3, 0.4) is 0 Å². The van der Waals surface area contributed by atoms with Crippen molar-refractivity contribution in [2.24, 2.45) is 5.73 Å². The number of ether oxygens (including phenoxy) is 1. The maximum Gasteiger partial charge on any atom is 0.132 e. The SMILES string of the molecule is Cc1cc(Oc2cccc(N(C)C)c2)c(C(C)N)cc1F. The highest BCUT2D eigenvalue weighted by atomic mass is 19.1. The first-order chi connectivity index (χ1) is 9.88. The van der Waals surface area contributed by atoms with Crippen molar-refractivity contribution in [2.45, 2.75) is 19.9 Å². The van der Waals surface area contributed by atoms with Crippen LogP contribution in [0.5, 0.6) is 11.5 Å². The highest BCUT2D eigenvalue weighted by Gasteiger charge is 2.13. The summed E-state index contributed by atoms with van der Waals surface area (Å²) in [5.41, 5.74) is 8.15. The summed E-state index contributed by atoms with van der Waals surface area (Å²) < 4.78 is 19.6. The number of benzene rings is 2. The van der Waals surface area contributed by atoms with Gasteiger partial charge in [0.1, 0.15) is 17.3 Å². The Morgan fingerprint density at radius 2 is 1.90 bits per heavy atom. The lowest BCUT2D eigenvalue weighted by atomic mass is 10.0. The Bertz CT molecular complexity index is 639. The number of nitrogens with zero attached hydrogens (tertiary/aromatic N) is 1. The highest BCUT2D eigenvalue weighted by molar-refractivity contribution is 5.51. The number of rotatable bonds is 4. The van der Waals surface area contributed by atoms with Crippen LogP contribution in [-0.2, 0) is 0 Å². The fourth-order valence-electron chi connectivity index (χ4n) is 2.07. The molecule has 3 nitrogen and oxygen atoms in total. The van der Waals surface area contributed by atoms with E-state index >= 15 is 0 Å². The summed E-state index contributed by atoms with van der Waals surface area (Å²) in [6.45, 7) is 3.52. The lowest BCUT2D eigenvalue weighted by molar-refractivity contribution is 0.468. The van der Waals surface area contributed by atoms with Gasteiger partial charge in [-0.1, -0.05) is 6.07 Å². The summed E-state index contributed by atoms with van der Waals surface area (Å²) >= 11 is 0. The van der Waals surface area contributed by atoms with Crippen molar-refractivity contribution >= 4 is 5.69 Å². The molecule has 2 rings (SSSR count). The number of hydrogen-bond acceptors (Lipinski definition) is 3. The van der Waals surface area contributed by atoms with Gasteiger partial charge in [-0.25, -0.2) is 4.39 Å². The predicted molar refractivity (Wildman–Crippen MR) is 84.6 cm³/mol. The molecule has 1 unspecified atom stereocenters. The molecule has 2 aromatic rings. The normalized spacial score (nSPS) is 12.1. The molecule has 0 fully saturated rings. The van der Waals surface area contributed by atoms with Gasteiger partial charge in [0.2, 0.25) is 0 Å². The maximum absolute atomic E-state index is 13.7. The summed E-state index contributed by atoms with van der Waals surface area (Å²) in [4.78, 5) is 2.00. The predicted octanol–water partition coefficient (Wildman–Crippen LogP) is 4.01. The van der Waals surface area contributed by atoms with E-state index in [1.807, 2.05) is 50.2 Å². The van der Waals surface area contributed by atoms with Gasteiger partial charge in [0.25, 0.3) is 0 Å². The average molecular weight is 288 g/mol. The molecule has 0 saturated carbocycles. The van der Waals surface area contributed by atoms with Crippen LogP contribution in [-0.4, -0.2) is 14.1 Å². The lowest BCUT2D eigenvalue weighted by Crippen LogP contribution is -2.09. The van der Waals surface area contributed by atoms with Crippen molar-refractivity contribution in [3.63, 3.8) is 0 Å². The topological polar surface area (TPSA) is 38.5 Å². The molecule has 0 bridgehead atoms. The largest absolute Gasteiger partial charge is 0.457 e. The van der Waals surface area contributed by atoms with Gasteiger partial charge in [-0.05, 0) is 43.7 Å². The molecule has 21 heavy (non-hydrogen) atoms. The Balaban J connectivity index is 2.39. The van der Waals surface area contributed by atoms with E-state index < -0.39 is 0 Å². The molecule has 0 spiro atoms. The van der Waals surface area contributed by atoms with Crippen molar-refractivity contribution in [1.82, 2.24) is 0 Å². The first-order valence-corrected chi connectivity index (χ1v) is 6.89. The third-order valence-corrected chi connectivity index (χ3v) is 3.34. The molecule has 0 aliphatic carbocycles. The molecule has 0 saturated heterocycles. The van der Waals surface area contributed by atoms with Gasteiger partial charge in [-0.3, -0.25) is 0 Å². The van der Waals surface area contributed by atoms with E-state index in [9.17, 15) is 4.39 Å². The van der Waals surface area contributed by atoms with E-state index in [-0.39, 0.29) is 11.9 Å². The Morgan fingerprint density at radius 3 is 2.52 bits per heavy atom. The van der Waals surface area contributed by atoms with E-state index in [0.29, 0.717) is 22.6 Å². The average Bonchev–Trinajstić information content (AvgIpc) is 2.42. The van der Waals surface area contributed by atoms with Crippen LogP contribution in [0.4, 0.5) is 10.1 Å². The van der Waals surface area contributed by atoms with Crippen LogP contribution in [0.2, 0.25) is 0 Å². The number of hydrogen-bond donors (Lipinski definition) is 1. The summed E-state index contributed by atoms with van der Waals surface area (Å²) in [5.74, 6) is 1.03. The Hall–Kier alpha value is -2.07. The van der Waals surface area contributed by atoms with E-state index in [4.69, 9.17) is 10.5 Å². The fourth-order valence-corrected chi connectivity index (χ4v) is 2.07. The molecule has 0 aliphatic heterocycles. The van der Waals surface area contributed by atoms with Crippen LogP contribution in [0.25, 0.3) is 0 Å². The number of nitrogens with two attached hydrogens (primary N) is 1. The lowest BCUT2D eigenvalue weighted by Gasteiger charge is -2.17. The zero-order valence-corrected chi connectivity index (χ0v) is 12.9. The minimum absolute atomic E-state index is 0.267. The molecule has 2 N–H and O–H groups in total. The molecule has 112 valence electrons. The van der Waals surface area contributed by atoms with Crippen molar-refractivity contribution in [1.29, 1.82) is 0 Å². The fraction of sp³-hybridized carbons (Fsp3) is 0.294. The first-order valence-electron chi connectivity index (χ1n) is 6.89. The van der Waals surface area contributed by atoms with Gasteiger partial charge in [0.15, 0.2) is 0 Å². The van der Waals surface area contributed by atoms with E-state index in [0.717, 1.165) is 5.69 Å². The second kappa shape index (κ2) is 6.14. The van der Waals surface area contributed by atoms with Crippen molar-refractivity contribution in [2.75, 3.05) is 19.0 Å². The third-order valence-electron chi connectivity index (χ3n) is 3.34. The second-order valence-electron chi connectivity index (χ2n) is 5.42. The molecular formula is C17H21FN2O. The quantitative estimate of drug-likeness (QED) is 0.923. The van der Waals surface area contributed by atoms with Gasteiger partial charge in [-0.15, -0.1) is 0 Å². The Labute approximate surface area is 125 Å². The first kappa shape index (κ1) is 15.3. The van der Waals surface area contributed by atoms with Crippen molar-refractivity contribution in [3.05, 3.63) is 53.3 Å². The summed E-state index contributed by atoms with van der Waals surface area (Å²) in [7, 11) is 3.93. The van der Waals surface area contributed by atoms with Crippen LogP contribution >= 0.6 is 0 Å². The zero-order valence-electron chi connectivity index (χ0n) is 12.9. The molecule has 0 aliphatic rings. The number of aryl methyl sites for hydroxylation is 1. The standard InChI is InChI=1S/C17H21FN2O/c1-11-8-17(15(12(2)19)10-16(11)18)21-14-7-5-6-13(9-14)20(3)4/h5-10,12H,19H2,1-4H3. The number of halogens is 1. The van der Waals surface area contributed by atoms with Gasteiger partial charge < -0.3 is 15.4 Å². The zero-order chi connectivity index (χ0) is 15.6. The summed E-state index contributed by atoms with van der Waals surface area (Å²) in [6, 6.07) is 10.6. The minimum atomic E-state index is -0.299. The highest BCUT2D eigenvalue weighted by Crippen LogP contribution is 2.32. The molecule has 4 heteroatoms. The second-order valence-corrected chi connectivity index (χ2v) is 5.42. The van der Waals surface area contributed by atoms with Gasteiger partial charge in [0.05, 0.1) is 0 Å². The third kappa shape index (κ3) is 3.52.